The lowest BCUT2D eigenvalue weighted by Gasteiger charge is -2.10. The van der Waals surface area contributed by atoms with Crippen LogP contribution in [0, 0.1) is 0 Å². The summed E-state index contributed by atoms with van der Waals surface area (Å²) >= 11 is 0.574. The zero-order valence-electron chi connectivity index (χ0n) is 12.1. The summed E-state index contributed by atoms with van der Waals surface area (Å²) < 4.78 is 24.6. The van der Waals surface area contributed by atoms with Gasteiger partial charge in [0.15, 0.2) is 0 Å². The Morgan fingerprint density at radius 1 is 0.952 bits per heavy atom. The summed E-state index contributed by atoms with van der Waals surface area (Å²) in [7, 11) is 1.96. The smallest absolute Gasteiger partial charge is 0.288 e. The van der Waals surface area contributed by atoms with Crippen LogP contribution in [0.2, 0.25) is 0 Å². The van der Waals surface area contributed by atoms with Crippen molar-refractivity contribution in [3.63, 3.8) is 0 Å². The Labute approximate surface area is 128 Å². The van der Waals surface area contributed by atoms with Crippen LogP contribution in [0.4, 0.5) is 8.78 Å². The summed E-state index contributed by atoms with van der Waals surface area (Å²) in [5.74, 6) is -2.37. The van der Waals surface area contributed by atoms with Gasteiger partial charge in [-0.1, -0.05) is 48.2 Å². The minimum absolute atomic E-state index is 0.446. The largest absolute Gasteiger partial charge is 0.317 e. The summed E-state index contributed by atoms with van der Waals surface area (Å²) in [6, 6.07) is 16.1. The molecule has 0 saturated heterocycles. The molecule has 1 atom stereocenters. The highest BCUT2D eigenvalue weighted by Gasteiger charge is 2.06. The molecule has 1 N–H and O–H groups in total. The number of likely N-dealkylation sites (N-methyl/N-ethyl adjacent to an activating group) is 1. The number of hydrogen-bond donors (Lipinski definition) is 1. The topological polar surface area (TPSA) is 12.0 Å². The van der Waals surface area contributed by atoms with Crippen LogP contribution in [0.1, 0.15) is 12.5 Å². The van der Waals surface area contributed by atoms with E-state index >= 15 is 0 Å². The Kier molecular flexibility index (Phi) is 5.76. The molecule has 2 rings (SSSR count). The van der Waals surface area contributed by atoms with Crippen LogP contribution < -0.4 is 5.32 Å². The van der Waals surface area contributed by atoms with Gasteiger partial charge in [-0.2, -0.15) is 8.78 Å². The molecule has 0 amide bonds. The second kappa shape index (κ2) is 7.57. The average molecular weight is 307 g/mol. The predicted octanol–water partition coefficient (Wildman–Crippen LogP) is 4.82. The summed E-state index contributed by atoms with van der Waals surface area (Å²) in [4.78, 5) is 0.591. The average Bonchev–Trinajstić information content (AvgIpc) is 2.48. The van der Waals surface area contributed by atoms with Crippen molar-refractivity contribution in [2.75, 3.05) is 7.05 Å². The molecule has 0 aromatic heterocycles. The summed E-state index contributed by atoms with van der Waals surface area (Å²) in [5, 5.41) is 3.22. The van der Waals surface area contributed by atoms with Gasteiger partial charge in [-0.3, -0.25) is 0 Å². The second-order valence-electron chi connectivity index (χ2n) is 4.99. The zero-order chi connectivity index (χ0) is 15.2. The molecule has 0 fully saturated rings. The molecule has 2 aromatic carbocycles. The fourth-order valence-electron chi connectivity index (χ4n) is 2.12. The first-order valence-electron chi connectivity index (χ1n) is 6.90. The lowest BCUT2D eigenvalue weighted by molar-refractivity contribution is 0.252. The third-order valence-electron chi connectivity index (χ3n) is 3.40. The van der Waals surface area contributed by atoms with Gasteiger partial charge in [0.05, 0.1) is 0 Å². The summed E-state index contributed by atoms with van der Waals surface area (Å²) in [6.07, 6.45) is 0.987. The van der Waals surface area contributed by atoms with E-state index in [2.05, 4.69) is 36.5 Å². The van der Waals surface area contributed by atoms with E-state index in [1.165, 1.54) is 5.56 Å². The number of rotatable bonds is 6. The van der Waals surface area contributed by atoms with Crippen molar-refractivity contribution in [2.45, 2.75) is 30.0 Å². The van der Waals surface area contributed by atoms with Gasteiger partial charge in [0.25, 0.3) is 5.76 Å². The minimum Gasteiger partial charge on any atom is -0.317 e. The van der Waals surface area contributed by atoms with Crippen molar-refractivity contribution in [1.29, 1.82) is 0 Å². The highest BCUT2D eigenvalue weighted by Crippen LogP contribution is 2.28. The van der Waals surface area contributed by atoms with Crippen molar-refractivity contribution in [1.82, 2.24) is 5.32 Å². The van der Waals surface area contributed by atoms with E-state index in [9.17, 15) is 8.78 Å². The molecule has 1 unspecified atom stereocenters. The van der Waals surface area contributed by atoms with E-state index < -0.39 is 5.76 Å². The Morgan fingerprint density at radius 2 is 1.48 bits per heavy atom. The quantitative estimate of drug-likeness (QED) is 0.768. The van der Waals surface area contributed by atoms with Gasteiger partial charge in [-0.05, 0) is 49.2 Å². The number of alkyl halides is 2. The first kappa shape index (κ1) is 16.0. The van der Waals surface area contributed by atoms with Gasteiger partial charge >= 0.3 is 0 Å². The van der Waals surface area contributed by atoms with Crippen molar-refractivity contribution >= 4 is 11.8 Å². The van der Waals surface area contributed by atoms with Gasteiger partial charge in [0, 0.05) is 10.9 Å². The molecule has 0 heterocycles. The molecule has 0 aliphatic rings. The van der Waals surface area contributed by atoms with Crippen LogP contribution in [-0.4, -0.2) is 18.8 Å². The first-order valence-corrected chi connectivity index (χ1v) is 7.78. The van der Waals surface area contributed by atoms with Crippen LogP contribution in [0.5, 0.6) is 0 Å². The molecule has 112 valence electrons. The van der Waals surface area contributed by atoms with E-state index in [-0.39, 0.29) is 0 Å². The first-order chi connectivity index (χ1) is 10.1. The number of hydrogen-bond acceptors (Lipinski definition) is 2. The Balaban J connectivity index is 2.08. The van der Waals surface area contributed by atoms with E-state index in [0.717, 1.165) is 17.5 Å². The molecular formula is C17H19F2NS. The van der Waals surface area contributed by atoms with E-state index in [0.29, 0.717) is 22.7 Å². The molecule has 1 nitrogen and oxygen atoms in total. The third-order valence-corrected chi connectivity index (χ3v) is 4.12. The Hall–Kier alpha value is -1.39. The number of nitrogens with one attached hydrogen (secondary N) is 1. The highest BCUT2D eigenvalue weighted by atomic mass is 32.2. The lowest BCUT2D eigenvalue weighted by atomic mass is 10.0. The van der Waals surface area contributed by atoms with Crippen molar-refractivity contribution in [3.8, 4) is 11.1 Å². The monoisotopic (exact) mass is 307 g/mol. The molecule has 0 aliphatic heterocycles. The molecule has 2 aromatic rings. The molecule has 21 heavy (non-hydrogen) atoms. The zero-order valence-corrected chi connectivity index (χ0v) is 13.0. The van der Waals surface area contributed by atoms with Crippen molar-refractivity contribution in [3.05, 3.63) is 54.1 Å². The molecule has 0 aliphatic carbocycles. The highest BCUT2D eigenvalue weighted by molar-refractivity contribution is 7.99. The third kappa shape index (κ3) is 4.83. The van der Waals surface area contributed by atoms with Crippen LogP contribution in [0.25, 0.3) is 11.1 Å². The summed E-state index contributed by atoms with van der Waals surface area (Å²) in [5.41, 5.74) is 3.43. The predicted molar refractivity (Wildman–Crippen MR) is 86.0 cm³/mol. The van der Waals surface area contributed by atoms with Crippen LogP contribution in [-0.2, 0) is 6.42 Å². The maximum atomic E-state index is 12.3. The SMILES string of the molecule is CNC(C)Cc1ccc(-c2ccc(SC(F)F)cc2)cc1. The van der Waals surface area contributed by atoms with Gasteiger partial charge in [-0.15, -0.1) is 0 Å². The van der Waals surface area contributed by atoms with E-state index in [4.69, 9.17) is 0 Å². The standard InChI is InChI=1S/C17H19F2NS/c1-12(20-2)11-13-3-5-14(6-4-13)15-7-9-16(10-8-15)21-17(18)19/h3-10,12,17,20H,11H2,1-2H3. The van der Waals surface area contributed by atoms with E-state index in [1.807, 2.05) is 19.2 Å². The normalized spacial score (nSPS) is 12.6. The van der Waals surface area contributed by atoms with Crippen LogP contribution in [0.15, 0.2) is 53.4 Å². The van der Waals surface area contributed by atoms with Crippen LogP contribution >= 0.6 is 11.8 Å². The van der Waals surface area contributed by atoms with Crippen LogP contribution in [0.3, 0.4) is 0 Å². The van der Waals surface area contributed by atoms with E-state index in [1.54, 1.807) is 12.1 Å². The Bertz CT molecular complexity index is 552. The fourth-order valence-corrected chi connectivity index (χ4v) is 2.62. The van der Waals surface area contributed by atoms with Crippen molar-refractivity contribution in [2.24, 2.45) is 0 Å². The number of halogens is 2. The molecule has 4 heteroatoms. The van der Waals surface area contributed by atoms with Crippen molar-refractivity contribution < 1.29 is 8.78 Å². The number of benzene rings is 2. The maximum Gasteiger partial charge on any atom is 0.288 e. The van der Waals surface area contributed by atoms with Gasteiger partial charge < -0.3 is 5.32 Å². The molecule has 0 bridgehead atoms. The summed E-state index contributed by atoms with van der Waals surface area (Å²) in [6.45, 7) is 2.15. The molecule has 0 saturated carbocycles. The molecular weight excluding hydrogens is 288 g/mol. The Morgan fingerprint density at radius 3 is 1.95 bits per heavy atom. The molecule has 0 spiro atoms. The minimum atomic E-state index is -2.37. The second-order valence-corrected chi connectivity index (χ2v) is 6.06. The van der Waals surface area contributed by atoms with Gasteiger partial charge in [0.2, 0.25) is 0 Å². The lowest BCUT2D eigenvalue weighted by Crippen LogP contribution is -2.23. The number of thioether (sulfide) groups is 1. The van der Waals surface area contributed by atoms with Gasteiger partial charge in [0.1, 0.15) is 0 Å². The molecule has 0 radical (unpaired) electrons. The maximum absolute atomic E-state index is 12.3. The van der Waals surface area contributed by atoms with Gasteiger partial charge in [-0.25, -0.2) is 0 Å². The fraction of sp³-hybridized carbons (Fsp3) is 0.294.